The van der Waals surface area contributed by atoms with Crippen LogP contribution in [0.2, 0.25) is 5.02 Å². The topological polar surface area (TPSA) is 81.2 Å². The van der Waals surface area contributed by atoms with Gasteiger partial charge in [-0.2, -0.15) is 0 Å². The second-order valence-corrected chi connectivity index (χ2v) is 12.4. The summed E-state index contributed by atoms with van der Waals surface area (Å²) in [5, 5.41) is 0.387. The van der Waals surface area contributed by atoms with Crippen LogP contribution in [0.15, 0.2) is 86.9 Å². The van der Waals surface area contributed by atoms with Crippen LogP contribution in [0.5, 0.6) is 0 Å². The van der Waals surface area contributed by atoms with Crippen molar-refractivity contribution in [2.24, 2.45) is 0 Å². The van der Waals surface area contributed by atoms with Crippen molar-refractivity contribution >= 4 is 42.6 Å². The molecule has 0 bridgehead atoms. The van der Waals surface area contributed by atoms with Gasteiger partial charge < -0.3 is 0 Å². The van der Waals surface area contributed by atoms with E-state index in [9.17, 15) is 21.2 Å². The van der Waals surface area contributed by atoms with Crippen LogP contribution in [0.4, 0.5) is 4.39 Å². The molecule has 5 nitrogen and oxygen atoms in total. The lowest BCUT2D eigenvalue weighted by molar-refractivity contribution is 0.595. The molecule has 10 heteroatoms. The fourth-order valence-corrected chi connectivity index (χ4v) is 6.92. The summed E-state index contributed by atoms with van der Waals surface area (Å²) in [4.78, 5) is 4.76. The van der Waals surface area contributed by atoms with Gasteiger partial charge in [0.25, 0.3) is 0 Å². The van der Waals surface area contributed by atoms with Crippen LogP contribution in [0, 0.1) is 5.82 Å². The Bertz CT molecular complexity index is 1510. The van der Waals surface area contributed by atoms with Gasteiger partial charge in [0.05, 0.1) is 20.4 Å². The predicted molar refractivity (Wildman–Crippen MR) is 123 cm³/mol. The summed E-state index contributed by atoms with van der Waals surface area (Å²) < 4.78 is 64.5. The number of thiazole rings is 1. The Morgan fingerprint density at radius 1 is 0.875 bits per heavy atom. The maximum Gasteiger partial charge on any atom is 0.233 e. The van der Waals surface area contributed by atoms with Gasteiger partial charge in [-0.15, -0.1) is 11.3 Å². The van der Waals surface area contributed by atoms with Gasteiger partial charge in [-0.1, -0.05) is 29.8 Å². The third kappa shape index (κ3) is 4.33. The molecule has 32 heavy (non-hydrogen) atoms. The molecule has 1 heterocycles. The largest absolute Gasteiger partial charge is 0.233 e. The van der Waals surface area contributed by atoms with E-state index in [1.54, 1.807) is 18.2 Å². The summed E-state index contributed by atoms with van der Waals surface area (Å²) in [5.41, 5.74) is 1.03. The monoisotopic (exact) mass is 507 g/mol. The molecule has 0 fully saturated rings. The molecule has 0 atom stereocenters. The molecule has 0 saturated heterocycles. The standard InChI is InChI=1S/C22H15ClFNO4S3/c1-31(26,27)19-5-3-2-4-18(19)21-20(14-6-10-16(24)11-7-14)25-22(30-21)32(28,29)17-12-8-15(23)9-13-17/h2-13H,1H3. The average molecular weight is 508 g/mol. The molecule has 0 aliphatic heterocycles. The first kappa shape index (κ1) is 22.6. The van der Waals surface area contributed by atoms with Gasteiger partial charge in [0.2, 0.25) is 14.2 Å². The molecule has 0 spiro atoms. The molecule has 3 aromatic carbocycles. The molecule has 4 rings (SSSR count). The van der Waals surface area contributed by atoms with E-state index in [0.717, 1.165) is 17.6 Å². The Morgan fingerprint density at radius 2 is 1.50 bits per heavy atom. The van der Waals surface area contributed by atoms with Gasteiger partial charge in [-0.25, -0.2) is 26.2 Å². The van der Waals surface area contributed by atoms with Crippen molar-refractivity contribution in [3.8, 4) is 21.7 Å². The fourth-order valence-electron chi connectivity index (χ4n) is 3.09. The molecule has 0 unspecified atom stereocenters. The van der Waals surface area contributed by atoms with Crippen molar-refractivity contribution in [1.29, 1.82) is 0 Å². The van der Waals surface area contributed by atoms with Crippen molar-refractivity contribution in [2.75, 3.05) is 6.26 Å². The molecule has 1 aromatic heterocycles. The second-order valence-electron chi connectivity index (χ2n) is 6.89. The van der Waals surface area contributed by atoms with Crippen LogP contribution in [0.1, 0.15) is 0 Å². The van der Waals surface area contributed by atoms with E-state index in [-0.39, 0.29) is 19.8 Å². The van der Waals surface area contributed by atoms with Crippen LogP contribution >= 0.6 is 22.9 Å². The van der Waals surface area contributed by atoms with Crippen LogP contribution in [-0.2, 0) is 19.7 Å². The van der Waals surface area contributed by atoms with Crippen molar-refractivity contribution < 1.29 is 21.2 Å². The van der Waals surface area contributed by atoms with Crippen LogP contribution in [-0.4, -0.2) is 28.1 Å². The van der Waals surface area contributed by atoms with Gasteiger partial charge in [0, 0.05) is 22.4 Å². The van der Waals surface area contributed by atoms with E-state index >= 15 is 0 Å². The quantitative estimate of drug-likeness (QED) is 0.356. The van der Waals surface area contributed by atoms with Gasteiger partial charge in [0.15, 0.2) is 9.84 Å². The summed E-state index contributed by atoms with van der Waals surface area (Å²) in [6, 6.07) is 17.4. The minimum atomic E-state index is -4.00. The highest BCUT2D eigenvalue weighted by Gasteiger charge is 2.28. The summed E-state index contributed by atoms with van der Waals surface area (Å²) >= 11 is 6.73. The number of halogens is 2. The van der Waals surface area contributed by atoms with Gasteiger partial charge >= 0.3 is 0 Å². The van der Waals surface area contributed by atoms with Crippen LogP contribution < -0.4 is 0 Å². The molecule has 0 aliphatic carbocycles. The first-order valence-corrected chi connectivity index (χ1v) is 13.7. The van der Waals surface area contributed by atoms with Crippen molar-refractivity contribution in [3.63, 3.8) is 0 Å². The fraction of sp³-hybridized carbons (Fsp3) is 0.0455. The lowest BCUT2D eigenvalue weighted by Gasteiger charge is -2.08. The van der Waals surface area contributed by atoms with E-state index in [1.165, 1.54) is 54.6 Å². The van der Waals surface area contributed by atoms with Crippen LogP contribution in [0.3, 0.4) is 0 Å². The Labute approximate surface area is 194 Å². The maximum atomic E-state index is 13.5. The number of hydrogen-bond acceptors (Lipinski definition) is 6. The number of aromatic nitrogens is 1. The Balaban J connectivity index is 1.99. The summed E-state index contributed by atoms with van der Waals surface area (Å²) in [6.45, 7) is 0. The lowest BCUT2D eigenvalue weighted by atomic mass is 10.1. The molecule has 0 N–H and O–H groups in total. The van der Waals surface area contributed by atoms with E-state index in [2.05, 4.69) is 4.98 Å². The highest BCUT2D eigenvalue weighted by atomic mass is 35.5. The molecule has 0 radical (unpaired) electrons. The van der Waals surface area contributed by atoms with E-state index in [0.29, 0.717) is 21.0 Å². The number of rotatable bonds is 5. The number of sulfone groups is 2. The second kappa shape index (κ2) is 8.40. The first-order chi connectivity index (χ1) is 15.1. The van der Waals surface area contributed by atoms with Crippen LogP contribution in [0.25, 0.3) is 21.7 Å². The number of hydrogen-bond donors (Lipinski definition) is 0. The summed E-state index contributed by atoms with van der Waals surface area (Å²) in [5.74, 6) is -0.462. The Morgan fingerprint density at radius 3 is 2.12 bits per heavy atom. The minimum absolute atomic E-state index is 0.00394. The molecular weight excluding hydrogens is 493 g/mol. The highest BCUT2D eigenvalue weighted by Crippen LogP contribution is 2.42. The van der Waals surface area contributed by atoms with Crippen molar-refractivity contribution in [2.45, 2.75) is 14.1 Å². The minimum Gasteiger partial charge on any atom is -0.224 e. The van der Waals surface area contributed by atoms with E-state index < -0.39 is 25.5 Å². The molecule has 0 aliphatic rings. The molecule has 0 amide bonds. The zero-order valence-corrected chi connectivity index (χ0v) is 19.7. The zero-order chi connectivity index (χ0) is 23.1. The predicted octanol–water partition coefficient (Wildman–Crippen LogP) is 5.51. The molecule has 4 aromatic rings. The Hall–Kier alpha value is -2.59. The summed E-state index contributed by atoms with van der Waals surface area (Å²) in [6.07, 6.45) is 1.08. The molecule has 0 saturated carbocycles. The third-order valence-corrected chi connectivity index (χ3v) is 9.25. The van der Waals surface area contributed by atoms with Crippen molar-refractivity contribution in [3.05, 3.63) is 83.6 Å². The molecular formula is C22H15ClFNO4S3. The first-order valence-electron chi connectivity index (χ1n) is 9.14. The normalized spacial score (nSPS) is 12.1. The SMILES string of the molecule is CS(=O)(=O)c1ccccc1-c1sc(S(=O)(=O)c2ccc(Cl)cc2)nc1-c1ccc(F)cc1. The van der Waals surface area contributed by atoms with Crippen molar-refractivity contribution in [1.82, 2.24) is 4.98 Å². The lowest BCUT2D eigenvalue weighted by Crippen LogP contribution is -2.01. The van der Waals surface area contributed by atoms with E-state index in [1.807, 2.05) is 0 Å². The van der Waals surface area contributed by atoms with Gasteiger partial charge in [0.1, 0.15) is 5.82 Å². The summed E-state index contributed by atoms with van der Waals surface area (Å²) in [7, 11) is -7.62. The smallest absolute Gasteiger partial charge is 0.224 e. The third-order valence-electron chi connectivity index (χ3n) is 4.61. The van der Waals surface area contributed by atoms with E-state index in [4.69, 9.17) is 11.6 Å². The zero-order valence-electron chi connectivity index (χ0n) is 16.5. The highest BCUT2D eigenvalue weighted by molar-refractivity contribution is 7.93. The molecule has 164 valence electrons. The maximum absolute atomic E-state index is 13.5. The van der Waals surface area contributed by atoms with Gasteiger partial charge in [-0.05, 0) is 54.6 Å². The Kier molecular flexibility index (Phi) is 5.93. The van der Waals surface area contributed by atoms with Gasteiger partial charge in [-0.3, -0.25) is 0 Å². The number of nitrogens with zero attached hydrogens (tertiary/aromatic N) is 1. The average Bonchev–Trinajstić information content (AvgIpc) is 3.20. The number of benzene rings is 3.